The van der Waals surface area contributed by atoms with Gasteiger partial charge in [-0.25, -0.2) is 0 Å². The van der Waals surface area contributed by atoms with Crippen LogP contribution in [0.1, 0.15) is 31.4 Å². The van der Waals surface area contributed by atoms with Crippen molar-refractivity contribution in [3.05, 3.63) is 33.8 Å². The van der Waals surface area contributed by atoms with Crippen LogP contribution in [0.2, 0.25) is 10.0 Å². The molecule has 2 N–H and O–H groups in total. The molecule has 0 bridgehead atoms. The van der Waals surface area contributed by atoms with E-state index in [9.17, 15) is 9.59 Å². The second kappa shape index (κ2) is 6.61. The van der Waals surface area contributed by atoms with Crippen molar-refractivity contribution in [1.82, 2.24) is 5.32 Å². The van der Waals surface area contributed by atoms with E-state index in [1.165, 1.54) is 0 Å². The van der Waals surface area contributed by atoms with E-state index in [1.807, 2.05) is 0 Å². The number of rotatable bonds is 5. The van der Waals surface area contributed by atoms with Crippen molar-refractivity contribution in [2.45, 2.75) is 25.8 Å². The average Bonchev–Trinajstić information content (AvgIpc) is 2.30. The molecule has 1 rings (SSSR count). The summed E-state index contributed by atoms with van der Waals surface area (Å²) in [4.78, 5) is 21.8. The van der Waals surface area contributed by atoms with Crippen molar-refractivity contribution in [3.8, 4) is 0 Å². The zero-order valence-corrected chi connectivity index (χ0v) is 11.3. The Morgan fingerprint density at radius 3 is 2.61 bits per heavy atom. The Morgan fingerprint density at radius 2 is 2.00 bits per heavy atom. The molecule has 6 heteroatoms. The zero-order chi connectivity index (χ0) is 13.7. The van der Waals surface area contributed by atoms with Gasteiger partial charge in [-0.05, 0) is 18.6 Å². The SMILES string of the molecule is CC(NC(=O)CCC(=O)O)c1cccc(Cl)c1Cl. The van der Waals surface area contributed by atoms with E-state index in [-0.39, 0.29) is 24.8 Å². The molecule has 1 unspecified atom stereocenters. The standard InChI is InChI=1S/C12H13Cl2NO3/c1-7(15-10(16)5-6-11(17)18)8-3-2-4-9(13)12(8)14/h2-4,7H,5-6H2,1H3,(H,15,16)(H,17,18). The van der Waals surface area contributed by atoms with E-state index in [4.69, 9.17) is 28.3 Å². The van der Waals surface area contributed by atoms with Gasteiger partial charge in [0.1, 0.15) is 0 Å². The predicted octanol–water partition coefficient (Wildman–Crippen LogP) is 3.04. The largest absolute Gasteiger partial charge is 0.481 e. The molecule has 0 spiro atoms. The van der Waals surface area contributed by atoms with E-state index in [1.54, 1.807) is 25.1 Å². The molecular weight excluding hydrogens is 277 g/mol. The molecule has 1 amide bonds. The molecule has 0 aliphatic rings. The minimum absolute atomic E-state index is 0.0577. The van der Waals surface area contributed by atoms with Crippen LogP contribution in [-0.2, 0) is 9.59 Å². The minimum Gasteiger partial charge on any atom is -0.481 e. The highest BCUT2D eigenvalue weighted by atomic mass is 35.5. The lowest BCUT2D eigenvalue weighted by Gasteiger charge is -2.16. The Balaban J connectivity index is 2.65. The monoisotopic (exact) mass is 289 g/mol. The molecule has 18 heavy (non-hydrogen) atoms. The Morgan fingerprint density at radius 1 is 1.33 bits per heavy atom. The summed E-state index contributed by atoms with van der Waals surface area (Å²) < 4.78 is 0. The number of aliphatic carboxylic acids is 1. The van der Waals surface area contributed by atoms with Gasteiger partial charge < -0.3 is 10.4 Å². The topological polar surface area (TPSA) is 66.4 Å². The fourth-order valence-corrected chi connectivity index (χ4v) is 1.94. The van der Waals surface area contributed by atoms with Crippen LogP contribution in [0, 0.1) is 0 Å². The highest BCUT2D eigenvalue weighted by Crippen LogP contribution is 2.29. The van der Waals surface area contributed by atoms with Crippen LogP contribution in [0.15, 0.2) is 18.2 Å². The first-order valence-corrected chi connectivity index (χ1v) is 6.12. The normalized spacial score (nSPS) is 11.9. The number of halogens is 2. The van der Waals surface area contributed by atoms with Gasteiger partial charge in [-0.2, -0.15) is 0 Å². The minimum atomic E-state index is -1.00. The summed E-state index contributed by atoms with van der Waals surface area (Å²) >= 11 is 11.9. The maximum Gasteiger partial charge on any atom is 0.303 e. The van der Waals surface area contributed by atoms with Crippen LogP contribution in [0.5, 0.6) is 0 Å². The van der Waals surface area contributed by atoms with Gasteiger partial charge in [-0.3, -0.25) is 9.59 Å². The Labute approximate surface area is 115 Å². The molecule has 0 aliphatic carbocycles. The van der Waals surface area contributed by atoms with Crippen molar-refractivity contribution in [2.24, 2.45) is 0 Å². The van der Waals surface area contributed by atoms with Crippen molar-refractivity contribution in [3.63, 3.8) is 0 Å². The second-order valence-corrected chi connectivity index (χ2v) is 4.61. The molecule has 0 aromatic heterocycles. The summed E-state index contributed by atoms with van der Waals surface area (Å²) in [6.07, 6.45) is -0.250. The molecule has 1 atom stereocenters. The van der Waals surface area contributed by atoms with Crippen LogP contribution in [0.3, 0.4) is 0 Å². The summed E-state index contributed by atoms with van der Waals surface area (Å²) in [5.41, 5.74) is 0.702. The average molecular weight is 290 g/mol. The van der Waals surface area contributed by atoms with Gasteiger partial charge in [0.2, 0.25) is 5.91 Å². The third kappa shape index (κ3) is 4.20. The van der Waals surface area contributed by atoms with Gasteiger partial charge in [-0.15, -0.1) is 0 Å². The first kappa shape index (κ1) is 14.8. The molecular formula is C12H13Cl2NO3. The van der Waals surface area contributed by atoms with E-state index in [0.29, 0.717) is 15.6 Å². The van der Waals surface area contributed by atoms with Gasteiger partial charge in [0.15, 0.2) is 0 Å². The number of carbonyl (C=O) groups excluding carboxylic acids is 1. The number of carbonyl (C=O) groups is 2. The molecule has 0 aliphatic heterocycles. The van der Waals surface area contributed by atoms with Gasteiger partial charge in [0, 0.05) is 6.42 Å². The summed E-state index contributed by atoms with van der Waals surface area (Å²) in [6, 6.07) is 4.84. The molecule has 4 nitrogen and oxygen atoms in total. The summed E-state index contributed by atoms with van der Waals surface area (Å²) in [5.74, 6) is -1.33. The van der Waals surface area contributed by atoms with Gasteiger partial charge in [0.05, 0.1) is 22.5 Å². The Kier molecular flexibility index (Phi) is 5.44. The summed E-state index contributed by atoms with van der Waals surface area (Å²) in [6.45, 7) is 1.76. The first-order valence-electron chi connectivity index (χ1n) is 5.37. The predicted molar refractivity (Wildman–Crippen MR) is 69.9 cm³/mol. The summed E-state index contributed by atoms with van der Waals surface area (Å²) in [7, 11) is 0. The smallest absolute Gasteiger partial charge is 0.303 e. The fourth-order valence-electron chi connectivity index (χ4n) is 1.47. The molecule has 0 saturated carbocycles. The van der Waals surface area contributed by atoms with Crippen LogP contribution < -0.4 is 5.32 Å². The van der Waals surface area contributed by atoms with Crippen LogP contribution >= 0.6 is 23.2 Å². The first-order chi connectivity index (χ1) is 8.41. The number of hydrogen-bond acceptors (Lipinski definition) is 2. The number of hydrogen-bond donors (Lipinski definition) is 2. The van der Waals surface area contributed by atoms with Gasteiger partial charge in [0.25, 0.3) is 0 Å². The van der Waals surface area contributed by atoms with Crippen molar-refractivity contribution >= 4 is 35.1 Å². The van der Waals surface area contributed by atoms with Crippen LogP contribution in [-0.4, -0.2) is 17.0 Å². The third-order valence-electron chi connectivity index (χ3n) is 2.39. The lowest BCUT2D eigenvalue weighted by atomic mass is 10.1. The number of amides is 1. The van der Waals surface area contributed by atoms with Crippen LogP contribution in [0.25, 0.3) is 0 Å². The van der Waals surface area contributed by atoms with E-state index < -0.39 is 5.97 Å². The Bertz CT molecular complexity index is 463. The number of carboxylic acid groups (broad SMARTS) is 1. The van der Waals surface area contributed by atoms with Gasteiger partial charge >= 0.3 is 5.97 Å². The van der Waals surface area contributed by atoms with E-state index in [2.05, 4.69) is 5.32 Å². The molecule has 1 aromatic rings. The van der Waals surface area contributed by atoms with Crippen molar-refractivity contribution in [1.29, 1.82) is 0 Å². The molecule has 0 saturated heterocycles. The highest BCUT2D eigenvalue weighted by molar-refractivity contribution is 6.42. The molecule has 1 aromatic carbocycles. The van der Waals surface area contributed by atoms with E-state index >= 15 is 0 Å². The second-order valence-electron chi connectivity index (χ2n) is 3.83. The lowest BCUT2D eigenvalue weighted by Crippen LogP contribution is -2.27. The zero-order valence-electron chi connectivity index (χ0n) is 9.74. The number of carboxylic acids is 1. The molecule has 0 radical (unpaired) electrons. The van der Waals surface area contributed by atoms with Crippen molar-refractivity contribution < 1.29 is 14.7 Å². The molecule has 98 valence electrons. The molecule has 0 fully saturated rings. The van der Waals surface area contributed by atoms with Crippen LogP contribution in [0.4, 0.5) is 0 Å². The summed E-state index contributed by atoms with van der Waals surface area (Å²) in [5, 5.41) is 12.0. The van der Waals surface area contributed by atoms with E-state index in [0.717, 1.165) is 0 Å². The van der Waals surface area contributed by atoms with Gasteiger partial charge in [-0.1, -0.05) is 35.3 Å². The number of benzene rings is 1. The fraction of sp³-hybridized carbons (Fsp3) is 0.333. The Hall–Kier alpha value is -1.26. The molecule has 0 heterocycles. The third-order valence-corrected chi connectivity index (χ3v) is 3.22. The quantitative estimate of drug-likeness (QED) is 0.876. The maximum absolute atomic E-state index is 11.5. The lowest BCUT2D eigenvalue weighted by molar-refractivity contribution is -0.138. The highest BCUT2D eigenvalue weighted by Gasteiger charge is 2.14. The maximum atomic E-state index is 11.5. The number of nitrogens with one attached hydrogen (secondary N) is 1. The van der Waals surface area contributed by atoms with Crippen molar-refractivity contribution in [2.75, 3.05) is 0 Å².